The van der Waals surface area contributed by atoms with Crippen molar-refractivity contribution in [2.24, 2.45) is 11.7 Å². The third-order valence-electron chi connectivity index (χ3n) is 5.04. The van der Waals surface area contributed by atoms with Gasteiger partial charge in [-0.25, -0.2) is 0 Å². The number of nitrogens with two attached hydrogens (primary N) is 1. The largest absolute Gasteiger partial charge is 0.369 e. The topological polar surface area (TPSA) is 96.9 Å². The highest BCUT2D eigenvalue weighted by molar-refractivity contribution is 5.94. The Hall–Kier alpha value is -2.41. The molecule has 1 aromatic carbocycles. The van der Waals surface area contributed by atoms with Gasteiger partial charge in [0.2, 0.25) is 11.8 Å². The zero-order valence-electron chi connectivity index (χ0n) is 15.7. The summed E-state index contributed by atoms with van der Waals surface area (Å²) in [6.45, 7) is 5.22. The molecule has 7 heteroatoms. The lowest BCUT2D eigenvalue weighted by Crippen LogP contribution is -3.18. The van der Waals surface area contributed by atoms with Crippen LogP contribution in [0, 0.1) is 12.8 Å². The fourth-order valence-electron chi connectivity index (χ4n) is 3.37. The Bertz CT molecular complexity index is 659. The number of hydrogen-bond donors (Lipinski definition) is 3. The Morgan fingerprint density at radius 1 is 1.31 bits per heavy atom. The normalized spacial score (nSPS) is 20.9. The molecule has 0 bridgehead atoms. The summed E-state index contributed by atoms with van der Waals surface area (Å²) in [6.07, 6.45) is 1.66. The molecule has 1 unspecified atom stereocenters. The van der Waals surface area contributed by atoms with E-state index in [9.17, 15) is 14.4 Å². The van der Waals surface area contributed by atoms with Crippen molar-refractivity contribution in [3.8, 4) is 0 Å². The smallest absolute Gasteiger partial charge is 0.280 e. The Kier molecular flexibility index (Phi) is 6.74. The van der Waals surface area contributed by atoms with Gasteiger partial charge in [-0.2, -0.15) is 0 Å². The molecule has 1 aromatic rings. The number of aryl methyl sites for hydroxylation is 1. The summed E-state index contributed by atoms with van der Waals surface area (Å²) >= 11 is 0. The van der Waals surface area contributed by atoms with Gasteiger partial charge in [0.1, 0.15) is 0 Å². The number of anilines is 1. The van der Waals surface area contributed by atoms with Crippen LogP contribution in [0.1, 0.15) is 25.3 Å². The number of carbonyl (C=O) groups excluding carboxylic acids is 3. The van der Waals surface area contributed by atoms with E-state index >= 15 is 0 Å². The summed E-state index contributed by atoms with van der Waals surface area (Å²) in [4.78, 5) is 38.8. The van der Waals surface area contributed by atoms with E-state index in [4.69, 9.17) is 5.73 Å². The molecule has 0 saturated carbocycles. The molecule has 1 aliphatic heterocycles. The highest BCUT2D eigenvalue weighted by Gasteiger charge is 2.34. The number of carbonyl (C=O) groups is 3. The molecule has 0 aliphatic carbocycles. The Balaban J connectivity index is 1.88. The third kappa shape index (κ3) is 5.29. The van der Waals surface area contributed by atoms with Crippen LogP contribution in [0.4, 0.5) is 5.69 Å². The van der Waals surface area contributed by atoms with E-state index in [1.54, 1.807) is 7.05 Å². The Morgan fingerprint density at radius 3 is 2.58 bits per heavy atom. The van der Waals surface area contributed by atoms with Gasteiger partial charge in [0, 0.05) is 12.7 Å². The molecule has 0 aromatic heterocycles. The number of piperidine rings is 1. The molecule has 2 rings (SSSR count). The van der Waals surface area contributed by atoms with Crippen LogP contribution < -0.4 is 16.0 Å². The van der Waals surface area contributed by atoms with Gasteiger partial charge in [0.05, 0.1) is 25.6 Å². The fraction of sp³-hybridized carbons (Fsp3) is 0.526. The molecule has 0 spiro atoms. The van der Waals surface area contributed by atoms with Crippen molar-refractivity contribution in [1.82, 2.24) is 4.90 Å². The van der Waals surface area contributed by atoms with Crippen molar-refractivity contribution in [1.29, 1.82) is 0 Å². The molecule has 4 N–H and O–H groups in total. The van der Waals surface area contributed by atoms with Crippen LogP contribution in [-0.2, 0) is 14.4 Å². The summed E-state index contributed by atoms with van der Waals surface area (Å²) < 4.78 is 0. The average Bonchev–Trinajstić information content (AvgIpc) is 2.62. The first kappa shape index (κ1) is 19.9. The van der Waals surface area contributed by atoms with Crippen molar-refractivity contribution in [2.75, 3.05) is 32.0 Å². The summed E-state index contributed by atoms with van der Waals surface area (Å²) in [5, 5.41) is 2.79. The summed E-state index contributed by atoms with van der Waals surface area (Å²) in [5.41, 5.74) is 7.24. The van der Waals surface area contributed by atoms with Crippen LogP contribution in [0.25, 0.3) is 0 Å². The van der Waals surface area contributed by atoms with Crippen molar-refractivity contribution >= 4 is 23.4 Å². The number of likely N-dealkylation sites (tertiary alicyclic amines) is 1. The monoisotopic (exact) mass is 361 g/mol. The van der Waals surface area contributed by atoms with E-state index in [-0.39, 0.29) is 36.2 Å². The number of primary amides is 1. The van der Waals surface area contributed by atoms with Crippen molar-refractivity contribution in [3.05, 3.63) is 29.8 Å². The van der Waals surface area contributed by atoms with Crippen LogP contribution >= 0.6 is 0 Å². The number of hydrogen-bond acceptors (Lipinski definition) is 3. The zero-order valence-corrected chi connectivity index (χ0v) is 15.7. The van der Waals surface area contributed by atoms with Gasteiger partial charge in [-0.15, -0.1) is 0 Å². The number of nitrogens with zero attached hydrogens (tertiary/aromatic N) is 1. The van der Waals surface area contributed by atoms with Gasteiger partial charge in [0.15, 0.2) is 6.04 Å². The standard InChI is InChI=1S/C19H28N4O3/c1-13-6-8-16(9-7-13)21-17(24)12-22(3)19(26)14(2)23-10-4-5-15(11-23)18(20)25/h6-9,14-15H,4-5,10-12H2,1-3H3,(H2,20,25)(H,21,24)/p+1/t14-,15-/m0/s1. The summed E-state index contributed by atoms with van der Waals surface area (Å²) in [6, 6.07) is 7.19. The minimum Gasteiger partial charge on any atom is -0.369 e. The molecular formula is C19H29N4O3+. The van der Waals surface area contributed by atoms with Crippen molar-refractivity contribution < 1.29 is 19.3 Å². The fourth-order valence-corrected chi connectivity index (χ4v) is 3.37. The van der Waals surface area contributed by atoms with E-state index in [1.165, 1.54) is 4.90 Å². The van der Waals surface area contributed by atoms with Gasteiger partial charge >= 0.3 is 0 Å². The second-order valence-corrected chi connectivity index (χ2v) is 7.18. The van der Waals surface area contributed by atoms with Crippen LogP contribution in [0.3, 0.4) is 0 Å². The van der Waals surface area contributed by atoms with Gasteiger partial charge < -0.3 is 20.9 Å². The maximum Gasteiger partial charge on any atom is 0.280 e. The van der Waals surface area contributed by atoms with E-state index in [1.807, 2.05) is 38.1 Å². The molecule has 7 nitrogen and oxygen atoms in total. The van der Waals surface area contributed by atoms with E-state index < -0.39 is 0 Å². The minimum absolute atomic E-state index is 0.0103. The van der Waals surface area contributed by atoms with Crippen LogP contribution in [0.2, 0.25) is 0 Å². The molecule has 1 aliphatic rings. The van der Waals surface area contributed by atoms with E-state index in [2.05, 4.69) is 5.32 Å². The zero-order chi connectivity index (χ0) is 19.3. The van der Waals surface area contributed by atoms with Gasteiger partial charge in [-0.05, 0) is 38.8 Å². The molecule has 1 heterocycles. The molecule has 1 fully saturated rings. The lowest BCUT2D eigenvalue weighted by atomic mass is 9.96. The second kappa shape index (κ2) is 8.80. The summed E-state index contributed by atoms with van der Waals surface area (Å²) in [7, 11) is 1.63. The second-order valence-electron chi connectivity index (χ2n) is 7.18. The molecule has 142 valence electrons. The number of benzene rings is 1. The molecule has 0 radical (unpaired) electrons. The predicted octanol–water partition coefficient (Wildman–Crippen LogP) is -0.439. The molecule has 3 amide bonds. The number of rotatable bonds is 6. The molecular weight excluding hydrogens is 332 g/mol. The van der Waals surface area contributed by atoms with Crippen LogP contribution in [0.5, 0.6) is 0 Å². The quantitative estimate of drug-likeness (QED) is 0.641. The van der Waals surface area contributed by atoms with E-state index in [0.717, 1.165) is 29.8 Å². The molecule has 3 atom stereocenters. The maximum absolute atomic E-state index is 12.7. The van der Waals surface area contributed by atoms with Gasteiger partial charge in [-0.1, -0.05) is 17.7 Å². The van der Waals surface area contributed by atoms with E-state index in [0.29, 0.717) is 12.2 Å². The highest BCUT2D eigenvalue weighted by atomic mass is 16.2. The van der Waals surface area contributed by atoms with Crippen LogP contribution in [-0.4, -0.2) is 55.3 Å². The number of likely N-dealkylation sites (N-methyl/N-ethyl adjacent to an activating group) is 1. The molecule has 1 saturated heterocycles. The first-order valence-electron chi connectivity index (χ1n) is 9.03. The van der Waals surface area contributed by atoms with Crippen molar-refractivity contribution in [2.45, 2.75) is 32.7 Å². The number of nitrogens with one attached hydrogen (secondary N) is 2. The lowest BCUT2D eigenvalue weighted by molar-refractivity contribution is -0.921. The number of amides is 3. The first-order chi connectivity index (χ1) is 12.3. The van der Waals surface area contributed by atoms with Gasteiger partial charge in [0.25, 0.3) is 5.91 Å². The minimum atomic E-state index is -0.311. The molecule has 26 heavy (non-hydrogen) atoms. The van der Waals surface area contributed by atoms with Gasteiger partial charge in [-0.3, -0.25) is 14.4 Å². The summed E-state index contributed by atoms with van der Waals surface area (Å²) in [5.74, 6) is -0.818. The van der Waals surface area contributed by atoms with Crippen molar-refractivity contribution in [3.63, 3.8) is 0 Å². The Labute approximate surface area is 154 Å². The maximum atomic E-state index is 12.7. The SMILES string of the molecule is Cc1ccc(NC(=O)CN(C)C(=O)[C@H](C)[NH+]2CCC[C@H](C(N)=O)C2)cc1. The number of quaternary nitrogens is 1. The third-order valence-corrected chi connectivity index (χ3v) is 5.04. The van der Waals surface area contributed by atoms with Crippen LogP contribution in [0.15, 0.2) is 24.3 Å². The highest BCUT2D eigenvalue weighted by Crippen LogP contribution is 2.09. The predicted molar refractivity (Wildman–Crippen MR) is 99.5 cm³/mol. The lowest BCUT2D eigenvalue weighted by Gasteiger charge is -2.33. The Morgan fingerprint density at radius 2 is 1.96 bits per heavy atom. The first-order valence-corrected chi connectivity index (χ1v) is 9.03. The average molecular weight is 361 g/mol.